The molecule has 2 aliphatic heterocycles. The second-order valence-electron chi connectivity index (χ2n) is 8.47. The van der Waals surface area contributed by atoms with Crippen molar-refractivity contribution in [2.24, 2.45) is 5.92 Å². The van der Waals surface area contributed by atoms with Crippen LogP contribution >= 0.6 is 24.0 Å². The van der Waals surface area contributed by atoms with Crippen LogP contribution in [0.5, 0.6) is 0 Å². The van der Waals surface area contributed by atoms with Crippen molar-refractivity contribution in [2.45, 2.75) is 44.6 Å². The Labute approximate surface area is 191 Å². The number of nitrogens with zero attached hydrogens (tertiary/aromatic N) is 2. The molecule has 0 N–H and O–H groups in total. The van der Waals surface area contributed by atoms with Crippen molar-refractivity contribution in [3.05, 3.63) is 63.7 Å². The van der Waals surface area contributed by atoms with Gasteiger partial charge in [0.1, 0.15) is 0 Å². The number of hydrogen-bond donors (Lipinski definition) is 0. The molecular formula is C23H30Cl2N2O2S. The molecule has 2 aliphatic rings. The van der Waals surface area contributed by atoms with E-state index in [1.165, 1.54) is 11.1 Å². The number of rotatable bonds is 4. The van der Waals surface area contributed by atoms with Gasteiger partial charge in [-0.3, -0.25) is 4.90 Å². The van der Waals surface area contributed by atoms with Gasteiger partial charge in [0, 0.05) is 37.7 Å². The zero-order chi connectivity index (χ0) is 20.6. The van der Waals surface area contributed by atoms with Crippen molar-refractivity contribution in [2.75, 3.05) is 26.2 Å². The minimum absolute atomic E-state index is 0. The van der Waals surface area contributed by atoms with E-state index in [2.05, 4.69) is 29.2 Å². The molecule has 0 saturated carbocycles. The van der Waals surface area contributed by atoms with E-state index in [9.17, 15) is 8.42 Å². The number of halogens is 2. The Morgan fingerprint density at radius 1 is 1.00 bits per heavy atom. The highest BCUT2D eigenvalue weighted by molar-refractivity contribution is 7.89. The summed E-state index contributed by atoms with van der Waals surface area (Å²) in [5.41, 5.74) is 4.43. The number of sulfonamides is 1. The third-order valence-corrected chi connectivity index (χ3v) is 8.82. The summed E-state index contributed by atoms with van der Waals surface area (Å²) in [5, 5.41) is 0.614. The summed E-state index contributed by atoms with van der Waals surface area (Å²) >= 11 is 6.15. The molecule has 0 atom stereocenters. The predicted molar refractivity (Wildman–Crippen MR) is 125 cm³/mol. The summed E-state index contributed by atoms with van der Waals surface area (Å²) in [7, 11) is -3.47. The summed E-state index contributed by atoms with van der Waals surface area (Å²) in [6, 6.07) is 12.2. The van der Waals surface area contributed by atoms with E-state index < -0.39 is 10.0 Å². The maximum Gasteiger partial charge on any atom is 0.243 e. The van der Waals surface area contributed by atoms with Crippen LogP contribution in [-0.2, 0) is 23.0 Å². The van der Waals surface area contributed by atoms with Gasteiger partial charge >= 0.3 is 0 Å². The second kappa shape index (κ2) is 9.58. The van der Waals surface area contributed by atoms with Crippen molar-refractivity contribution in [3.63, 3.8) is 0 Å². The molecular weight excluding hydrogens is 439 g/mol. The molecule has 0 amide bonds. The molecule has 4 nitrogen and oxygen atoms in total. The Bertz CT molecular complexity index is 1000. The maximum absolute atomic E-state index is 13.2. The summed E-state index contributed by atoms with van der Waals surface area (Å²) in [6.45, 7) is 8.03. The average Bonchev–Trinajstić information content (AvgIpc) is 2.71. The fourth-order valence-electron chi connectivity index (χ4n) is 4.58. The molecule has 0 aliphatic carbocycles. The normalized spacial score (nSPS) is 18.6. The van der Waals surface area contributed by atoms with Crippen molar-refractivity contribution in [3.8, 4) is 0 Å². The fraction of sp³-hybridized carbons (Fsp3) is 0.478. The van der Waals surface area contributed by atoms with Crippen LogP contribution in [0, 0.1) is 19.8 Å². The third kappa shape index (κ3) is 4.86. The van der Waals surface area contributed by atoms with E-state index in [0.717, 1.165) is 50.0 Å². The second-order valence-corrected chi connectivity index (χ2v) is 10.8. The highest BCUT2D eigenvalue weighted by Crippen LogP contribution is 2.30. The molecule has 2 aromatic rings. The Morgan fingerprint density at radius 2 is 1.67 bits per heavy atom. The monoisotopic (exact) mass is 468 g/mol. The topological polar surface area (TPSA) is 40.6 Å². The Balaban J connectivity index is 0.00000256. The number of hydrogen-bond acceptors (Lipinski definition) is 3. The fourth-order valence-corrected chi connectivity index (χ4v) is 6.56. The highest BCUT2D eigenvalue weighted by Gasteiger charge is 2.31. The van der Waals surface area contributed by atoms with Crippen LogP contribution in [0.2, 0.25) is 5.02 Å². The van der Waals surface area contributed by atoms with Gasteiger partial charge in [0.2, 0.25) is 10.0 Å². The predicted octanol–water partition coefficient (Wildman–Crippen LogP) is 4.84. The summed E-state index contributed by atoms with van der Waals surface area (Å²) in [6.07, 6.45) is 2.95. The van der Waals surface area contributed by atoms with Crippen LogP contribution in [0.3, 0.4) is 0 Å². The summed E-state index contributed by atoms with van der Waals surface area (Å²) in [5.74, 6) is 0.555. The van der Waals surface area contributed by atoms with Gasteiger partial charge in [0.05, 0.1) is 4.90 Å². The van der Waals surface area contributed by atoms with Gasteiger partial charge in [0.25, 0.3) is 0 Å². The van der Waals surface area contributed by atoms with Crippen LogP contribution < -0.4 is 0 Å². The lowest BCUT2D eigenvalue weighted by molar-refractivity contribution is 0.171. The Morgan fingerprint density at radius 3 is 2.37 bits per heavy atom. The molecule has 7 heteroatoms. The van der Waals surface area contributed by atoms with Crippen LogP contribution in [0.15, 0.2) is 41.3 Å². The molecule has 4 rings (SSSR count). The van der Waals surface area contributed by atoms with E-state index in [-0.39, 0.29) is 12.4 Å². The first-order chi connectivity index (χ1) is 13.8. The molecule has 0 aromatic heterocycles. The molecule has 1 fully saturated rings. The Hall–Kier alpha value is -1.11. The molecule has 164 valence electrons. The van der Waals surface area contributed by atoms with Crippen LogP contribution in [0.25, 0.3) is 0 Å². The first kappa shape index (κ1) is 23.6. The van der Waals surface area contributed by atoms with E-state index in [4.69, 9.17) is 11.6 Å². The molecule has 0 radical (unpaired) electrons. The standard InChI is InChI=1S/C23H29ClN2O2S.ClH/c1-17-14-23(18(2)13-22(17)24)29(27,28)26-11-7-19(8-12-26)15-25-10-9-20-5-3-4-6-21(20)16-25;/h3-6,13-14,19H,7-12,15-16H2,1-2H3;1H. The molecule has 1 saturated heterocycles. The zero-order valence-electron chi connectivity index (χ0n) is 17.6. The number of fused-ring (bicyclic) bond motifs is 1. The van der Waals surface area contributed by atoms with Gasteiger partial charge in [-0.05, 0) is 73.4 Å². The van der Waals surface area contributed by atoms with Gasteiger partial charge in [-0.25, -0.2) is 8.42 Å². The molecule has 2 heterocycles. The minimum atomic E-state index is -3.47. The molecule has 0 bridgehead atoms. The third-order valence-electron chi connectivity index (χ3n) is 6.37. The smallest absolute Gasteiger partial charge is 0.243 e. The zero-order valence-corrected chi connectivity index (χ0v) is 20.0. The van der Waals surface area contributed by atoms with E-state index in [1.807, 2.05) is 13.8 Å². The van der Waals surface area contributed by atoms with Crippen molar-refractivity contribution in [1.82, 2.24) is 9.21 Å². The van der Waals surface area contributed by atoms with Crippen molar-refractivity contribution >= 4 is 34.0 Å². The van der Waals surface area contributed by atoms with Crippen molar-refractivity contribution in [1.29, 1.82) is 0 Å². The maximum atomic E-state index is 13.2. The van der Waals surface area contributed by atoms with E-state index >= 15 is 0 Å². The van der Waals surface area contributed by atoms with Gasteiger partial charge in [-0.1, -0.05) is 35.9 Å². The lowest BCUT2D eigenvalue weighted by Crippen LogP contribution is -2.42. The van der Waals surface area contributed by atoms with Gasteiger partial charge < -0.3 is 0 Å². The van der Waals surface area contributed by atoms with Crippen LogP contribution in [0.4, 0.5) is 0 Å². The quantitative estimate of drug-likeness (QED) is 0.644. The Kier molecular flexibility index (Phi) is 7.52. The van der Waals surface area contributed by atoms with E-state index in [0.29, 0.717) is 28.9 Å². The summed E-state index contributed by atoms with van der Waals surface area (Å²) < 4.78 is 28.0. The van der Waals surface area contributed by atoms with E-state index in [1.54, 1.807) is 16.4 Å². The molecule has 0 unspecified atom stereocenters. The molecule has 0 spiro atoms. The SMILES string of the molecule is Cc1cc(S(=O)(=O)N2CCC(CN3CCc4ccccc4C3)CC2)c(C)cc1Cl.Cl. The lowest BCUT2D eigenvalue weighted by atomic mass is 9.94. The summed E-state index contributed by atoms with van der Waals surface area (Å²) in [4.78, 5) is 2.93. The number of piperidine rings is 1. The number of benzene rings is 2. The van der Waals surface area contributed by atoms with Gasteiger partial charge in [-0.15, -0.1) is 12.4 Å². The van der Waals surface area contributed by atoms with Crippen molar-refractivity contribution < 1.29 is 8.42 Å². The first-order valence-electron chi connectivity index (χ1n) is 10.4. The van der Waals surface area contributed by atoms with Crippen LogP contribution in [-0.4, -0.2) is 43.8 Å². The minimum Gasteiger partial charge on any atom is -0.298 e. The molecule has 30 heavy (non-hydrogen) atoms. The van der Waals surface area contributed by atoms with Gasteiger partial charge in [0.15, 0.2) is 0 Å². The largest absolute Gasteiger partial charge is 0.298 e. The number of aryl methyl sites for hydroxylation is 2. The lowest BCUT2D eigenvalue weighted by Gasteiger charge is -2.36. The average molecular weight is 469 g/mol. The van der Waals surface area contributed by atoms with Crippen LogP contribution in [0.1, 0.15) is 35.1 Å². The molecule has 2 aromatic carbocycles. The highest BCUT2D eigenvalue weighted by atomic mass is 35.5. The first-order valence-corrected chi connectivity index (χ1v) is 12.2. The van der Waals surface area contributed by atoms with Gasteiger partial charge in [-0.2, -0.15) is 4.31 Å².